The number of aryl methyl sites for hydroxylation is 2. The van der Waals surface area contributed by atoms with Crippen LogP contribution in [-0.4, -0.2) is 50.8 Å². The highest BCUT2D eigenvalue weighted by Gasteiger charge is 2.40. The van der Waals surface area contributed by atoms with Gasteiger partial charge in [0.1, 0.15) is 12.1 Å². The van der Waals surface area contributed by atoms with Crippen LogP contribution in [0.15, 0.2) is 29.5 Å². The Kier molecular flexibility index (Phi) is 3.80. The lowest BCUT2D eigenvalue weighted by Gasteiger charge is -2.23. The third kappa shape index (κ3) is 2.80. The fraction of sp³-hybridized carbons (Fsp3) is 0.529. The van der Waals surface area contributed by atoms with Gasteiger partial charge in [0.2, 0.25) is 0 Å². The standard InChI is InChI=1S/C17H22N6O/c1-12-5-18-11-19-17(12)23-8-13-6-22(7-14(13)9-23)10-15-3-4-16(24)21(2)20-15/h3-5,11,13-14H,6-10H2,1-2H3. The van der Waals surface area contributed by atoms with Crippen LogP contribution >= 0.6 is 0 Å². The van der Waals surface area contributed by atoms with E-state index in [0.29, 0.717) is 11.8 Å². The van der Waals surface area contributed by atoms with Crippen LogP contribution in [0.3, 0.4) is 0 Å². The van der Waals surface area contributed by atoms with E-state index in [1.165, 1.54) is 4.68 Å². The highest BCUT2D eigenvalue weighted by molar-refractivity contribution is 5.46. The monoisotopic (exact) mass is 326 g/mol. The van der Waals surface area contributed by atoms with Crippen molar-refractivity contribution >= 4 is 5.82 Å². The fourth-order valence-corrected chi connectivity index (χ4v) is 3.98. The maximum absolute atomic E-state index is 11.4. The number of anilines is 1. The van der Waals surface area contributed by atoms with Crippen LogP contribution in [-0.2, 0) is 13.6 Å². The predicted molar refractivity (Wildman–Crippen MR) is 90.7 cm³/mol. The van der Waals surface area contributed by atoms with Crippen molar-refractivity contribution in [3.63, 3.8) is 0 Å². The molecule has 7 nitrogen and oxygen atoms in total. The van der Waals surface area contributed by atoms with Crippen LogP contribution in [0.2, 0.25) is 0 Å². The van der Waals surface area contributed by atoms with Gasteiger partial charge >= 0.3 is 0 Å². The highest BCUT2D eigenvalue weighted by Crippen LogP contribution is 2.34. The van der Waals surface area contributed by atoms with Gasteiger partial charge in [-0.1, -0.05) is 0 Å². The van der Waals surface area contributed by atoms with E-state index in [1.54, 1.807) is 19.4 Å². The van der Waals surface area contributed by atoms with Gasteiger partial charge in [0, 0.05) is 57.6 Å². The van der Waals surface area contributed by atoms with Crippen molar-refractivity contribution in [1.29, 1.82) is 0 Å². The summed E-state index contributed by atoms with van der Waals surface area (Å²) in [6.07, 6.45) is 3.52. The van der Waals surface area contributed by atoms with Crippen molar-refractivity contribution in [3.05, 3.63) is 46.3 Å². The number of aromatic nitrogens is 4. The Morgan fingerprint density at radius 3 is 2.58 bits per heavy atom. The van der Waals surface area contributed by atoms with Crippen LogP contribution in [0.1, 0.15) is 11.3 Å². The van der Waals surface area contributed by atoms with E-state index in [0.717, 1.165) is 49.8 Å². The summed E-state index contributed by atoms with van der Waals surface area (Å²) in [6, 6.07) is 3.44. The largest absolute Gasteiger partial charge is 0.356 e. The fourth-order valence-electron chi connectivity index (χ4n) is 3.98. The summed E-state index contributed by atoms with van der Waals surface area (Å²) in [5, 5.41) is 4.34. The summed E-state index contributed by atoms with van der Waals surface area (Å²) >= 11 is 0. The third-order valence-corrected chi connectivity index (χ3v) is 5.13. The van der Waals surface area contributed by atoms with Gasteiger partial charge in [-0.3, -0.25) is 9.69 Å². The zero-order valence-corrected chi connectivity index (χ0v) is 14.1. The molecule has 2 aliphatic heterocycles. The summed E-state index contributed by atoms with van der Waals surface area (Å²) in [6.45, 7) is 7.15. The number of likely N-dealkylation sites (tertiary alicyclic amines) is 1. The van der Waals surface area contributed by atoms with Crippen molar-refractivity contribution in [2.45, 2.75) is 13.5 Å². The molecule has 0 spiro atoms. The van der Waals surface area contributed by atoms with Crippen molar-refractivity contribution in [2.24, 2.45) is 18.9 Å². The number of fused-ring (bicyclic) bond motifs is 1. The van der Waals surface area contributed by atoms with Crippen LogP contribution in [0.5, 0.6) is 0 Å². The van der Waals surface area contributed by atoms with Gasteiger partial charge in [0.05, 0.1) is 5.69 Å². The zero-order chi connectivity index (χ0) is 16.7. The molecule has 2 fully saturated rings. The number of hydrogen-bond acceptors (Lipinski definition) is 6. The predicted octanol–water partition coefficient (Wildman–Crippen LogP) is 0.447. The molecule has 0 saturated carbocycles. The van der Waals surface area contributed by atoms with E-state index in [2.05, 4.69) is 31.8 Å². The van der Waals surface area contributed by atoms with Crippen LogP contribution < -0.4 is 10.5 Å². The van der Waals surface area contributed by atoms with E-state index in [1.807, 2.05) is 12.3 Å². The molecule has 0 radical (unpaired) electrons. The molecule has 2 atom stereocenters. The molecule has 2 aromatic heterocycles. The lowest BCUT2D eigenvalue weighted by Crippen LogP contribution is -2.30. The van der Waals surface area contributed by atoms with E-state index in [-0.39, 0.29) is 5.56 Å². The average molecular weight is 326 g/mol. The third-order valence-electron chi connectivity index (χ3n) is 5.13. The molecule has 2 aliphatic rings. The van der Waals surface area contributed by atoms with E-state index < -0.39 is 0 Å². The number of hydrogen-bond donors (Lipinski definition) is 0. The highest BCUT2D eigenvalue weighted by atomic mass is 16.1. The molecule has 0 aromatic carbocycles. The molecule has 0 bridgehead atoms. The van der Waals surface area contributed by atoms with Gasteiger partial charge in [0.15, 0.2) is 0 Å². The molecule has 2 aromatic rings. The molecule has 2 saturated heterocycles. The van der Waals surface area contributed by atoms with Crippen LogP contribution in [0.4, 0.5) is 5.82 Å². The zero-order valence-electron chi connectivity index (χ0n) is 14.1. The quantitative estimate of drug-likeness (QED) is 0.816. The SMILES string of the molecule is Cc1cncnc1N1CC2CN(Cc3ccc(=O)n(C)n3)CC2C1. The van der Waals surface area contributed by atoms with Gasteiger partial charge in [0.25, 0.3) is 5.56 Å². The normalized spacial score (nSPS) is 23.7. The first-order valence-corrected chi connectivity index (χ1v) is 8.37. The maximum Gasteiger partial charge on any atom is 0.266 e. The molecular weight excluding hydrogens is 304 g/mol. The van der Waals surface area contributed by atoms with Gasteiger partial charge in [-0.15, -0.1) is 0 Å². The molecule has 4 rings (SSSR count). The first-order valence-electron chi connectivity index (χ1n) is 8.37. The van der Waals surface area contributed by atoms with Gasteiger partial charge in [-0.05, 0) is 24.8 Å². The van der Waals surface area contributed by atoms with Crippen molar-refractivity contribution < 1.29 is 0 Å². The average Bonchev–Trinajstić information content (AvgIpc) is 3.09. The van der Waals surface area contributed by atoms with Crippen molar-refractivity contribution in [1.82, 2.24) is 24.6 Å². The second kappa shape index (κ2) is 5.98. The van der Waals surface area contributed by atoms with Crippen LogP contribution in [0.25, 0.3) is 0 Å². The second-order valence-corrected chi connectivity index (χ2v) is 6.94. The first-order chi connectivity index (χ1) is 11.6. The molecule has 126 valence electrons. The second-order valence-electron chi connectivity index (χ2n) is 6.94. The number of rotatable bonds is 3. The Labute approximate surface area is 140 Å². The summed E-state index contributed by atoms with van der Waals surface area (Å²) in [4.78, 5) is 24.8. The molecule has 2 unspecified atom stereocenters. The molecule has 4 heterocycles. The summed E-state index contributed by atoms with van der Waals surface area (Å²) in [7, 11) is 1.70. The van der Waals surface area contributed by atoms with E-state index in [9.17, 15) is 4.79 Å². The molecule has 7 heteroatoms. The summed E-state index contributed by atoms with van der Waals surface area (Å²) in [5.74, 6) is 2.42. The van der Waals surface area contributed by atoms with Crippen LogP contribution in [0, 0.1) is 18.8 Å². The Balaban J connectivity index is 1.40. The van der Waals surface area contributed by atoms with Gasteiger partial charge < -0.3 is 4.90 Å². The van der Waals surface area contributed by atoms with E-state index >= 15 is 0 Å². The molecule has 24 heavy (non-hydrogen) atoms. The first kappa shape index (κ1) is 15.3. The lowest BCUT2D eigenvalue weighted by molar-refractivity contribution is 0.302. The Morgan fingerprint density at radius 1 is 1.17 bits per heavy atom. The molecular formula is C17H22N6O. The maximum atomic E-state index is 11.4. The molecule has 0 aliphatic carbocycles. The summed E-state index contributed by atoms with van der Waals surface area (Å²) < 4.78 is 1.41. The lowest BCUT2D eigenvalue weighted by atomic mass is 10.0. The summed E-state index contributed by atoms with van der Waals surface area (Å²) in [5.41, 5.74) is 2.04. The topological polar surface area (TPSA) is 67.2 Å². The van der Waals surface area contributed by atoms with Crippen molar-refractivity contribution in [3.8, 4) is 0 Å². The van der Waals surface area contributed by atoms with Crippen molar-refractivity contribution in [2.75, 3.05) is 31.1 Å². The minimum atomic E-state index is -0.0621. The molecule has 0 N–H and O–H groups in total. The molecule has 0 amide bonds. The van der Waals surface area contributed by atoms with E-state index in [4.69, 9.17) is 0 Å². The van der Waals surface area contributed by atoms with Gasteiger partial charge in [-0.2, -0.15) is 5.10 Å². The minimum absolute atomic E-state index is 0.0621. The Bertz CT molecular complexity index is 790. The smallest absolute Gasteiger partial charge is 0.266 e. The number of nitrogens with zero attached hydrogens (tertiary/aromatic N) is 6. The minimum Gasteiger partial charge on any atom is -0.356 e. The Morgan fingerprint density at radius 2 is 1.92 bits per heavy atom. The van der Waals surface area contributed by atoms with Gasteiger partial charge in [-0.25, -0.2) is 14.6 Å². The Hall–Kier alpha value is -2.28.